The number of hydrogen-bond donors (Lipinski definition) is 0. The lowest BCUT2D eigenvalue weighted by atomic mass is 9.94. The number of carbonyl (C=O) groups excluding carboxylic acids is 1. The van der Waals surface area contributed by atoms with E-state index in [9.17, 15) is 4.79 Å². The molecule has 1 unspecified atom stereocenters. The van der Waals surface area contributed by atoms with E-state index in [0.717, 1.165) is 29.4 Å². The number of aromatic nitrogens is 2. The Bertz CT molecular complexity index is 1260. The molecule has 7 heteroatoms. The number of rotatable bonds is 5. The zero-order valence-electron chi connectivity index (χ0n) is 18.2. The number of likely N-dealkylation sites (tertiary alicyclic amines) is 1. The molecule has 1 saturated heterocycles. The topological polar surface area (TPSA) is 81.6 Å². The third-order valence-electron chi connectivity index (χ3n) is 6.06. The maximum absolute atomic E-state index is 13.1. The Morgan fingerprint density at radius 2 is 2.09 bits per heavy atom. The van der Waals surface area contributed by atoms with E-state index in [1.54, 1.807) is 13.2 Å². The molecule has 2 aromatic carbocycles. The fourth-order valence-corrected chi connectivity index (χ4v) is 4.39. The molecule has 1 aliphatic heterocycles. The minimum Gasteiger partial charge on any atom is -0.493 e. The molecule has 0 N–H and O–H groups in total. The van der Waals surface area contributed by atoms with Crippen LogP contribution in [0.25, 0.3) is 22.4 Å². The second kappa shape index (κ2) is 8.49. The highest BCUT2D eigenvalue weighted by Gasteiger charge is 2.28. The summed E-state index contributed by atoms with van der Waals surface area (Å²) in [5, 5.41) is 5.02. The number of furan rings is 1. The van der Waals surface area contributed by atoms with Gasteiger partial charge in [0.25, 0.3) is 5.91 Å². The summed E-state index contributed by atoms with van der Waals surface area (Å²) < 4.78 is 16.7. The van der Waals surface area contributed by atoms with Crippen molar-refractivity contribution in [3.63, 3.8) is 0 Å². The predicted molar refractivity (Wildman–Crippen MR) is 120 cm³/mol. The van der Waals surface area contributed by atoms with Crippen molar-refractivity contribution in [3.8, 4) is 17.1 Å². The van der Waals surface area contributed by atoms with Gasteiger partial charge in [0, 0.05) is 30.5 Å². The minimum absolute atomic E-state index is 0.0981. The van der Waals surface area contributed by atoms with Gasteiger partial charge < -0.3 is 18.6 Å². The van der Waals surface area contributed by atoms with Crippen molar-refractivity contribution >= 4 is 16.9 Å². The monoisotopic (exact) mass is 431 g/mol. The summed E-state index contributed by atoms with van der Waals surface area (Å²) in [7, 11) is 1.59. The number of hydrogen-bond acceptors (Lipinski definition) is 6. The molecule has 164 valence electrons. The van der Waals surface area contributed by atoms with E-state index in [2.05, 4.69) is 10.1 Å². The van der Waals surface area contributed by atoms with Crippen LogP contribution in [0.1, 0.15) is 34.9 Å². The highest BCUT2D eigenvalue weighted by molar-refractivity contribution is 5.97. The summed E-state index contributed by atoms with van der Waals surface area (Å²) >= 11 is 0. The first kappa shape index (κ1) is 20.3. The maximum atomic E-state index is 13.1. The lowest BCUT2D eigenvalue weighted by Gasteiger charge is -2.31. The van der Waals surface area contributed by atoms with Crippen LogP contribution in [0.5, 0.6) is 5.75 Å². The van der Waals surface area contributed by atoms with Crippen molar-refractivity contribution in [3.05, 3.63) is 65.7 Å². The van der Waals surface area contributed by atoms with Gasteiger partial charge in [0.05, 0.1) is 7.11 Å². The molecule has 1 aliphatic rings. The Labute approximate surface area is 186 Å². The molecule has 0 saturated carbocycles. The highest BCUT2D eigenvalue weighted by atomic mass is 16.5. The summed E-state index contributed by atoms with van der Waals surface area (Å²) in [6, 6.07) is 15.4. The molecule has 0 radical (unpaired) electrons. The molecule has 1 atom stereocenters. The van der Waals surface area contributed by atoms with Gasteiger partial charge in [-0.2, -0.15) is 4.98 Å². The van der Waals surface area contributed by atoms with Crippen molar-refractivity contribution in [2.45, 2.75) is 26.2 Å². The van der Waals surface area contributed by atoms with Crippen LogP contribution in [0, 0.1) is 12.8 Å². The molecule has 1 fully saturated rings. The SMILES string of the molecule is COc1cccc2cc(C(=O)N3CCCC(Cc4nc(-c5ccccc5C)no4)C3)oc12. The zero-order chi connectivity index (χ0) is 22.1. The third-order valence-corrected chi connectivity index (χ3v) is 6.06. The highest BCUT2D eigenvalue weighted by Crippen LogP contribution is 2.30. The number of benzene rings is 2. The number of para-hydroxylation sites is 1. The van der Waals surface area contributed by atoms with E-state index in [1.807, 2.05) is 54.3 Å². The number of nitrogens with zero attached hydrogens (tertiary/aromatic N) is 3. The molecule has 7 nitrogen and oxygen atoms in total. The van der Waals surface area contributed by atoms with Crippen LogP contribution in [-0.4, -0.2) is 41.1 Å². The fourth-order valence-electron chi connectivity index (χ4n) is 4.39. The van der Waals surface area contributed by atoms with Gasteiger partial charge in [-0.05, 0) is 43.4 Å². The Hall–Kier alpha value is -3.61. The molecule has 3 heterocycles. The average Bonchev–Trinajstić information content (AvgIpc) is 3.46. The van der Waals surface area contributed by atoms with E-state index in [4.69, 9.17) is 13.7 Å². The number of methoxy groups -OCH3 is 1. The molecular formula is C25H25N3O4. The summed E-state index contributed by atoms with van der Waals surface area (Å²) in [6.45, 7) is 3.38. The molecule has 32 heavy (non-hydrogen) atoms. The second-order valence-electron chi connectivity index (χ2n) is 8.28. The molecule has 1 amide bonds. The van der Waals surface area contributed by atoms with Crippen molar-refractivity contribution in [2.75, 3.05) is 20.2 Å². The molecule has 0 bridgehead atoms. The Balaban J connectivity index is 1.29. The van der Waals surface area contributed by atoms with Gasteiger partial charge in [-0.15, -0.1) is 0 Å². The van der Waals surface area contributed by atoms with Crippen molar-refractivity contribution in [1.82, 2.24) is 15.0 Å². The summed E-state index contributed by atoms with van der Waals surface area (Å²) in [4.78, 5) is 19.6. The van der Waals surface area contributed by atoms with Crippen LogP contribution in [0.3, 0.4) is 0 Å². The van der Waals surface area contributed by atoms with Gasteiger partial charge >= 0.3 is 0 Å². The quantitative estimate of drug-likeness (QED) is 0.447. The van der Waals surface area contributed by atoms with Crippen LogP contribution in [-0.2, 0) is 6.42 Å². The largest absolute Gasteiger partial charge is 0.493 e. The van der Waals surface area contributed by atoms with E-state index < -0.39 is 0 Å². The number of aryl methyl sites for hydroxylation is 1. The van der Waals surface area contributed by atoms with Crippen molar-refractivity contribution in [2.24, 2.45) is 5.92 Å². The molecule has 0 aliphatic carbocycles. The molecule has 0 spiro atoms. The van der Waals surface area contributed by atoms with Crippen LogP contribution in [0.15, 0.2) is 57.5 Å². The predicted octanol–water partition coefficient (Wildman–Crippen LogP) is 4.89. The normalized spacial score (nSPS) is 16.4. The van der Waals surface area contributed by atoms with Crippen LogP contribution < -0.4 is 4.74 Å². The van der Waals surface area contributed by atoms with Crippen LogP contribution in [0.4, 0.5) is 0 Å². The van der Waals surface area contributed by atoms with Crippen molar-refractivity contribution < 1.29 is 18.5 Å². The number of amides is 1. The van der Waals surface area contributed by atoms with Gasteiger partial charge in [-0.25, -0.2) is 0 Å². The van der Waals surface area contributed by atoms with Crippen molar-refractivity contribution in [1.29, 1.82) is 0 Å². The lowest BCUT2D eigenvalue weighted by Crippen LogP contribution is -2.40. The first-order valence-electron chi connectivity index (χ1n) is 10.9. The van der Waals surface area contributed by atoms with Gasteiger partial charge in [0.2, 0.25) is 11.7 Å². The van der Waals surface area contributed by atoms with Gasteiger partial charge in [-0.1, -0.05) is 41.6 Å². The summed E-state index contributed by atoms with van der Waals surface area (Å²) in [5.74, 6) is 2.34. The third kappa shape index (κ3) is 3.86. The standard InChI is InChI=1S/C25H25N3O4/c1-16-7-3-4-10-19(16)24-26-22(32-27-24)13-17-8-6-12-28(15-17)25(29)21-14-18-9-5-11-20(30-2)23(18)31-21/h3-5,7,9-11,14,17H,6,8,12-13,15H2,1-2H3. The summed E-state index contributed by atoms with van der Waals surface area (Å²) in [5.41, 5.74) is 2.68. The first-order chi connectivity index (χ1) is 15.6. The number of piperidine rings is 1. The van der Waals surface area contributed by atoms with E-state index in [1.165, 1.54) is 0 Å². The molecule has 2 aromatic heterocycles. The zero-order valence-corrected chi connectivity index (χ0v) is 18.2. The number of fused-ring (bicyclic) bond motifs is 1. The number of carbonyl (C=O) groups is 1. The van der Waals surface area contributed by atoms with E-state index in [-0.39, 0.29) is 11.8 Å². The smallest absolute Gasteiger partial charge is 0.289 e. The molecular weight excluding hydrogens is 406 g/mol. The fraction of sp³-hybridized carbons (Fsp3) is 0.320. The second-order valence-corrected chi connectivity index (χ2v) is 8.28. The Morgan fingerprint density at radius 3 is 2.94 bits per heavy atom. The average molecular weight is 431 g/mol. The minimum atomic E-state index is -0.0981. The number of ether oxygens (including phenoxy) is 1. The van der Waals surface area contributed by atoms with E-state index in [0.29, 0.717) is 48.3 Å². The first-order valence-corrected chi connectivity index (χ1v) is 10.9. The lowest BCUT2D eigenvalue weighted by molar-refractivity contribution is 0.0638. The maximum Gasteiger partial charge on any atom is 0.289 e. The van der Waals surface area contributed by atoms with E-state index >= 15 is 0 Å². The Morgan fingerprint density at radius 1 is 1.22 bits per heavy atom. The van der Waals surface area contributed by atoms with Gasteiger partial charge in [0.15, 0.2) is 17.1 Å². The molecule has 5 rings (SSSR count). The molecule has 4 aromatic rings. The van der Waals surface area contributed by atoms with Crippen LogP contribution in [0.2, 0.25) is 0 Å². The Kier molecular flexibility index (Phi) is 5.39. The van der Waals surface area contributed by atoms with Gasteiger partial charge in [0.1, 0.15) is 0 Å². The summed E-state index contributed by atoms with van der Waals surface area (Å²) in [6.07, 6.45) is 2.59. The van der Waals surface area contributed by atoms with Crippen LogP contribution >= 0.6 is 0 Å². The van der Waals surface area contributed by atoms with Gasteiger partial charge in [-0.3, -0.25) is 4.79 Å².